The highest BCUT2D eigenvalue weighted by atomic mass is 15.2. The molecular formula is C10H18N2. The lowest BCUT2D eigenvalue weighted by atomic mass is 10.1. The lowest BCUT2D eigenvalue weighted by molar-refractivity contribution is 0.320. The molecule has 0 bridgehead atoms. The van der Waals surface area contributed by atoms with Crippen LogP contribution in [0.2, 0.25) is 0 Å². The molecule has 0 aromatic carbocycles. The zero-order chi connectivity index (χ0) is 9.14. The van der Waals surface area contributed by atoms with E-state index in [9.17, 15) is 0 Å². The summed E-state index contributed by atoms with van der Waals surface area (Å²) in [7, 11) is 8.41. The summed E-state index contributed by atoms with van der Waals surface area (Å²) in [6, 6.07) is 0.453. The van der Waals surface area contributed by atoms with Gasteiger partial charge >= 0.3 is 0 Å². The Morgan fingerprint density at radius 1 is 1.25 bits per heavy atom. The van der Waals surface area contributed by atoms with Crippen molar-refractivity contribution >= 4 is 0 Å². The fourth-order valence-corrected chi connectivity index (χ4v) is 1.50. The minimum Gasteiger partial charge on any atom is -0.380 e. The van der Waals surface area contributed by atoms with Gasteiger partial charge < -0.3 is 4.90 Å². The van der Waals surface area contributed by atoms with Gasteiger partial charge in [0.05, 0.1) is 6.04 Å². The molecule has 2 nitrogen and oxygen atoms in total. The first-order valence-electron chi connectivity index (χ1n) is 4.33. The monoisotopic (exact) mass is 166 g/mol. The summed E-state index contributed by atoms with van der Waals surface area (Å²) in [5, 5.41) is 0. The largest absolute Gasteiger partial charge is 0.380 e. The zero-order valence-corrected chi connectivity index (χ0v) is 8.41. The van der Waals surface area contributed by atoms with E-state index in [1.807, 2.05) is 0 Å². The van der Waals surface area contributed by atoms with Gasteiger partial charge in [-0.1, -0.05) is 18.2 Å². The maximum absolute atomic E-state index is 2.28. The normalized spacial score (nSPS) is 22.8. The van der Waals surface area contributed by atoms with Gasteiger partial charge in [0.15, 0.2) is 0 Å². The predicted octanol–water partition coefficient (Wildman–Crippen LogP) is 1.32. The maximum Gasteiger partial charge on any atom is 0.0674 e. The fraction of sp³-hybridized carbons (Fsp3) is 0.600. The molecule has 0 saturated heterocycles. The topological polar surface area (TPSA) is 6.48 Å². The third-order valence-corrected chi connectivity index (χ3v) is 2.16. The van der Waals surface area contributed by atoms with Crippen LogP contribution >= 0.6 is 0 Å². The van der Waals surface area contributed by atoms with E-state index in [-0.39, 0.29) is 0 Å². The summed E-state index contributed by atoms with van der Waals surface area (Å²) in [5.74, 6) is 0. The van der Waals surface area contributed by atoms with Crippen molar-refractivity contribution in [1.82, 2.24) is 9.80 Å². The molecule has 0 amide bonds. The van der Waals surface area contributed by atoms with Gasteiger partial charge in [-0.05, 0) is 20.5 Å². The van der Waals surface area contributed by atoms with Crippen molar-refractivity contribution in [2.75, 3.05) is 28.2 Å². The van der Waals surface area contributed by atoms with Crippen LogP contribution in [0.1, 0.15) is 6.42 Å². The van der Waals surface area contributed by atoms with Crippen LogP contribution in [0.3, 0.4) is 0 Å². The van der Waals surface area contributed by atoms with E-state index >= 15 is 0 Å². The molecule has 0 fully saturated rings. The Kier molecular flexibility index (Phi) is 2.93. The van der Waals surface area contributed by atoms with Crippen LogP contribution in [-0.4, -0.2) is 44.0 Å². The molecule has 0 N–H and O–H groups in total. The van der Waals surface area contributed by atoms with Gasteiger partial charge in [-0.25, -0.2) is 0 Å². The summed E-state index contributed by atoms with van der Waals surface area (Å²) in [5.41, 5.74) is 1.39. The van der Waals surface area contributed by atoms with Crippen molar-refractivity contribution in [3.63, 3.8) is 0 Å². The minimum atomic E-state index is 0.453. The quantitative estimate of drug-likeness (QED) is 0.571. The molecular weight excluding hydrogens is 148 g/mol. The highest BCUT2D eigenvalue weighted by molar-refractivity contribution is 5.22. The molecule has 0 aromatic rings. The van der Waals surface area contributed by atoms with Gasteiger partial charge in [-0.15, -0.1) is 0 Å². The summed E-state index contributed by atoms with van der Waals surface area (Å²) < 4.78 is 0. The standard InChI is InChI=1S/C10H18N2/c1-11(2)9-7-5-6-8-10(9)12(3)4/h5,7-9H,6H2,1-4H3. The summed E-state index contributed by atoms with van der Waals surface area (Å²) in [6.45, 7) is 0. The van der Waals surface area contributed by atoms with E-state index in [0.717, 1.165) is 6.42 Å². The SMILES string of the molecule is CN(C)C1=CCC=CC1N(C)C. The molecule has 2 heteroatoms. The first-order valence-corrected chi connectivity index (χ1v) is 4.33. The average molecular weight is 166 g/mol. The Hall–Kier alpha value is -0.760. The first kappa shape index (κ1) is 9.33. The molecule has 68 valence electrons. The molecule has 0 aromatic heterocycles. The molecule has 1 unspecified atom stereocenters. The molecule has 0 spiro atoms. The van der Waals surface area contributed by atoms with Gasteiger partial charge in [0.25, 0.3) is 0 Å². The fourth-order valence-electron chi connectivity index (χ4n) is 1.50. The van der Waals surface area contributed by atoms with Crippen molar-refractivity contribution in [2.24, 2.45) is 0 Å². The van der Waals surface area contributed by atoms with Crippen molar-refractivity contribution in [1.29, 1.82) is 0 Å². The Balaban J connectivity index is 2.76. The van der Waals surface area contributed by atoms with Crippen LogP contribution in [0, 0.1) is 0 Å². The van der Waals surface area contributed by atoms with E-state index in [1.54, 1.807) is 0 Å². The second kappa shape index (κ2) is 3.76. The third kappa shape index (κ3) is 1.89. The van der Waals surface area contributed by atoms with Crippen LogP contribution in [0.15, 0.2) is 23.9 Å². The summed E-state index contributed by atoms with van der Waals surface area (Å²) >= 11 is 0. The number of rotatable bonds is 2. The average Bonchev–Trinajstić information content (AvgIpc) is 2.04. The predicted molar refractivity (Wildman–Crippen MR) is 53.0 cm³/mol. The van der Waals surface area contributed by atoms with Crippen molar-refractivity contribution < 1.29 is 0 Å². The molecule has 1 aliphatic carbocycles. The molecule has 1 aliphatic rings. The Bertz CT molecular complexity index is 202. The first-order chi connectivity index (χ1) is 5.63. The molecule has 12 heavy (non-hydrogen) atoms. The summed E-state index contributed by atoms with van der Waals surface area (Å²) in [4.78, 5) is 4.41. The highest BCUT2D eigenvalue weighted by Crippen LogP contribution is 2.17. The Labute approximate surface area is 75.2 Å². The molecule has 0 saturated carbocycles. The smallest absolute Gasteiger partial charge is 0.0674 e. The Morgan fingerprint density at radius 3 is 2.33 bits per heavy atom. The van der Waals surface area contributed by atoms with Crippen molar-refractivity contribution in [2.45, 2.75) is 12.5 Å². The maximum atomic E-state index is 2.28. The van der Waals surface area contributed by atoms with Gasteiger partial charge in [-0.3, -0.25) is 4.90 Å². The van der Waals surface area contributed by atoms with Crippen LogP contribution in [0.25, 0.3) is 0 Å². The van der Waals surface area contributed by atoms with E-state index in [0.29, 0.717) is 6.04 Å². The third-order valence-electron chi connectivity index (χ3n) is 2.16. The number of nitrogens with zero attached hydrogens (tertiary/aromatic N) is 2. The highest BCUT2D eigenvalue weighted by Gasteiger charge is 2.16. The number of hydrogen-bond donors (Lipinski definition) is 0. The van der Waals surface area contributed by atoms with Crippen LogP contribution in [-0.2, 0) is 0 Å². The minimum absolute atomic E-state index is 0.453. The van der Waals surface area contributed by atoms with Crippen LogP contribution in [0.5, 0.6) is 0 Å². The van der Waals surface area contributed by atoms with Gasteiger partial charge in [0.2, 0.25) is 0 Å². The summed E-state index contributed by atoms with van der Waals surface area (Å²) in [6.07, 6.45) is 7.83. The van der Waals surface area contributed by atoms with E-state index in [1.165, 1.54) is 5.70 Å². The molecule has 1 atom stereocenters. The molecule has 0 heterocycles. The molecule has 1 rings (SSSR count). The zero-order valence-electron chi connectivity index (χ0n) is 8.41. The lowest BCUT2D eigenvalue weighted by Crippen LogP contribution is -2.34. The second-order valence-electron chi connectivity index (χ2n) is 3.60. The second-order valence-corrected chi connectivity index (χ2v) is 3.60. The molecule has 0 aliphatic heterocycles. The Morgan fingerprint density at radius 2 is 1.92 bits per heavy atom. The number of hydrogen-bond acceptors (Lipinski definition) is 2. The molecule has 0 radical (unpaired) electrons. The lowest BCUT2D eigenvalue weighted by Gasteiger charge is -2.30. The number of allylic oxidation sites excluding steroid dienone is 2. The van der Waals surface area contributed by atoms with E-state index in [2.05, 4.69) is 56.2 Å². The van der Waals surface area contributed by atoms with E-state index in [4.69, 9.17) is 0 Å². The van der Waals surface area contributed by atoms with Crippen LogP contribution < -0.4 is 0 Å². The van der Waals surface area contributed by atoms with E-state index < -0.39 is 0 Å². The van der Waals surface area contributed by atoms with Crippen molar-refractivity contribution in [3.05, 3.63) is 23.9 Å². The van der Waals surface area contributed by atoms with Crippen LogP contribution in [0.4, 0.5) is 0 Å². The van der Waals surface area contributed by atoms with Gasteiger partial charge in [0, 0.05) is 19.8 Å². The van der Waals surface area contributed by atoms with Gasteiger partial charge in [0.1, 0.15) is 0 Å². The van der Waals surface area contributed by atoms with Crippen molar-refractivity contribution in [3.8, 4) is 0 Å². The van der Waals surface area contributed by atoms with Gasteiger partial charge in [-0.2, -0.15) is 0 Å². The number of likely N-dealkylation sites (N-methyl/N-ethyl adjacent to an activating group) is 2.